The Balaban J connectivity index is 2.52. The van der Waals surface area contributed by atoms with Gasteiger partial charge in [-0.3, -0.25) is 0 Å². The van der Waals surface area contributed by atoms with Crippen molar-refractivity contribution in [2.45, 2.75) is 43.5 Å². The van der Waals surface area contributed by atoms with E-state index in [-0.39, 0.29) is 21.2 Å². The maximum atomic E-state index is 14.3. The topological polar surface area (TPSA) is 63.4 Å². The number of rotatable bonds is 4. The van der Waals surface area contributed by atoms with Crippen LogP contribution in [0.2, 0.25) is 5.02 Å². The van der Waals surface area contributed by atoms with Crippen molar-refractivity contribution in [2.75, 3.05) is 12.3 Å². The van der Waals surface area contributed by atoms with Crippen LogP contribution >= 0.6 is 27.5 Å². The van der Waals surface area contributed by atoms with Gasteiger partial charge in [0.2, 0.25) is 10.0 Å². The molecule has 1 aliphatic rings. The molecule has 118 valence electrons. The fraction of sp³-hybridized carbons (Fsp3) is 0.538. The van der Waals surface area contributed by atoms with E-state index in [2.05, 4.69) is 15.9 Å². The molecule has 0 aromatic heterocycles. The van der Waals surface area contributed by atoms with Gasteiger partial charge in [-0.25, -0.2) is 12.8 Å². The minimum Gasteiger partial charge on any atom is -0.395 e. The Morgan fingerprint density at radius 2 is 2.05 bits per heavy atom. The van der Waals surface area contributed by atoms with Crippen molar-refractivity contribution in [1.29, 1.82) is 0 Å². The van der Waals surface area contributed by atoms with E-state index in [1.165, 1.54) is 4.31 Å². The number of anilines is 1. The molecule has 4 nitrogen and oxygen atoms in total. The van der Waals surface area contributed by atoms with Crippen LogP contribution in [0.3, 0.4) is 0 Å². The van der Waals surface area contributed by atoms with Crippen molar-refractivity contribution in [2.24, 2.45) is 0 Å². The molecule has 21 heavy (non-hydrogen) atoms. The van der Waals surface area contributed by atoms with Crippen LogP contribution in [0.5, 0.6) is 0 Å². The van der Waals surface area contributed by atoms with Gasteiger partial charge >= 0.3 is 0 Å². The second kappa shape index (κ2) is 6.40. The van der Waals surface area contributed by atoms with Gasteiger partial charge in [0.15, 0.2) is 5.82 Å². The van der Waals surface area contributed by atoms with Crippen LogP contribution < -0.4 is 5.73 Å². The van der Waals surface area contributed by atoms with E-state index in [0.29, 0.717) is 6.54 Å². The molecule has 8 heteroatoms. The largest absolute Gasteiger partial charge is 0.395 e. The quantitative estimate of drug-likeness (QED) is 0.619. The number of hydrogen-bond acceptors (Lipinski definition) is 3. The third kappa shape index (κ3) is 3.06. The van der Waals surface area contributed by atoms with Crippen molar-refractivity contribution >= 4 is 43.2 Å². The Morgan fingerprint density at radius 1 is 1.48 bits per heavy atom. The summed E-state index contributed by atoms with van der Waals surface area (Å²) in [6, 6.07) is 1.03. The monoisotopic (exact) mass is 398 g/mol. The molecule has 0 heterocycles. The Labute approximate surface area is 137 Å². The van der Waals surface area contributed by atoms with Gasteiger partial charge in [0.25, 0.3) is 0 Å². The Kier molecular flexibility index (Phi) is 5.18. The van der Waals surface area contributed by atoms with Crippen molar-refractivity contribution in [1.82, 2.24) is 4.31 Å². The lowest BCUT2D eigenvalue weighted by Crippen LogP contribution is -2.39. The zero-order chi connectivity index (χ0) is 15.8. The lowest BCUT2D eigenvalue weighted by Gasteiger charge is -2.27. The highest BCUT2D eigenvalue weighted by Crippen LogP contribution is 2.37. The summed E-state index contributed by atoms with van der Waals surface area (Å²) in [5.41, 5.74) is 5.30. The van der Waals surface area contributed by atoms with Gasteiger partial charge in [-0.2, -0.15) is 4.31 Å². The standard InChI is InChI=1S/C13H17BrClFN2O2S/c1-2-18(8-5-3-4-6-8)21(19,20)10-7-9(15)11(14)13(17)12(10)16/h7-8H,2-6,17H2,1H3. The minimum atomic E-state index is -3.95. The van der Waals surface area contributed by atoms with E-state index in [0.717, 1.165) is 31.7 Å². The normalized spacial score (nSPS) is 16.8. The minimum absolute atomic E-state index is 0.0787. The molecular formula is C13H17BrClFN2O2S. The molecule has 1 saturated carbocycles. The Hall–Kier alpha value is -0.370. The van der Waals surface area contributed by atoms with Crippen molar-refractivity contribution in [3.8, 4) is 0 Å². The van der Waals surface area contributed by atoms with E-state index >= 15 is 0 Å². The predicted octanol–water partition coefficient (Wildman–Crippen LogP) is 3.78. The summed E-state index contributed by atoms with van der Waals surface area (Å²) in [5.74, 6) is -0.956. The van der Waals surface area contributed by atoms with Crippen LogP contribution in [0, 0.1) is 5.82 Å². The van der Waals surface area contributed by atoms with E-state index in [1.807, 2.05) is 0 Å². The Bertz CT molecular complexity index is 648. The van der Waals surface area contributed by atoms with Crippen LogP contribution in [0.4, 0.5) is 10.1 Å². The molecule has 0 atom stereocenters. The van der Waals surface area contributed by atoms with E-state index in [9.17, 15) is 12.8 Å². The van der Waals surface area contributed by atoms with Crippen LogP contribution in [0.25, 0.3) is 0 Å². The molecular weight excluding hydrogens is 383 g/mol. The number of nitrogen functional groups attached to an aromatic ring is 1. The van der Waals surface area contributed by atoms with Crippen molar-refractivity contribution in [3.63, 3.8) is 0 Å². The molecule has 0 spiro atoms. The number of halogens is 3. The average molecular weight is 400 g/mol. The number of hydrogen-bond donors (Lipinski definition) is 1. The van der Waals surface area contributed by atoms with E-state index < -0.39 is 20.7 Å². The van der Waals surface area contributed by atoms with Crippen LogP contribution in [0.1, 0.15) is 32.6 Å². The SMILES string of the molecule is CCN(C1CCCC1)S(=O)(=O)c1cc(Cl)c(Br)c(N)c1F. The van der Waals surface area contributed by atoms with Gasteiger partial charge in [0.1, 0.15) is 4.90 Å². The highest BCUT2D eigenvalue weighted by atomic mass is 79.9. The first-order valence-corrected chi connectivity index (χ1v) is 9.36. The average Bonchev–Trinajstić information content (AvgIpc) is 2.94. The lowest BCUT2D eigenvalue weighted by atomic mass is 10.2. The molecule has 0 unspecified atom stereocenters. The molecule has 0 saturated heterocycles. The van der Waals surface area contributed by atoms with Gasteiger partial charge in [0.05, 0.1) is 15.2 Å². The third-order valence-electron chi connectivity index (χ3n) is 3.79. The predicted molar refractivity (Wildman–Crippen MR) is 85.3 cm³/mol. The molecule has 0 amide bonds. The summed E-state index contributed by atoms with van der Waals surface area (Å²) < 4.78 is 41.3. The van der Waals surface area contributed by atoms with Crippen LogP contribution in [0.15, 0.2) is 15.4 Å². The number of benzene rings is 1. The number of nitrogens with two attached hydrogens (primary N) is 1. The first kappa shape index (κ1) is 17.0. The summed E-state index contributed by atoms with van der Waals surface area (Å²) >= 11 is 8.97. The number of nitrogens with zero attached hydrogens (tertiary/aromatic N) is 1. The van der Waals surface area contributed by atoms with Gasteiger partial charge in [-0.15, -0.1) is 0 Å². The summed E-state index contributed by atoms with van der Waals surface area (Å²) in [6.07, 6.45) is 3.58. The molecule has 1 aliphatic carbocycles. The highest BCUT2D eigenvalue weighted by molar-refractivity contribution is 9.10. The third-order valence-corrected chi connectivity index (χ3v) is 7.19. The molecule has 0 aliphatic heterocycles. The maximum absolute atomic E-state index is 14.3. The lowest BCUT2D eigenvalue weighted by molar-refractivity contribution is 0.334. The second-order valence-corrected chi connectivity index (χ2v) is 8.10. The fourth-order valence-electron chi connectivity index (χ4n) is 2.73. The zero-order valence-electron chi connectivity index (χ0n) is 11.6. The van der Waals surface area contributed by atoms with Gasteiger partial charge in [-0.1, -0.05) is 31.4 Å². The summed E-state index contributed by atoms with van der Waals surface area (Å²) in [4.78, 5) is -0.457. The first-order chi connectivity index (χ1) is 9.80. The molecule has 2 rings (SSSR count). The Morgan fingerprint density at radius 3 is 2.57 bits per heavy atom. The summed E-state index contributed by atoms with van der Waals surface area (Å²) in [7, 11) is -3.95. The molecule has 1 aromatic carbocycles. The molecule has 1 fully saturated rings. The molecule has 1 aromatic rings. The number of sulfonamides is 1. The highest BCUT2D eigenvalue weighted by Gasteiger charge is 2.35. The van der Waals surface area contributed by atoms with Gasteiger partial charge in [-0.05, 0) is 34.8 Å². The van der Waals surface area contributed by atoms with Crippen molar-refractivity contribution in [3.05, 3.63) is 21.4 Å². The molecule has 0 bridgehead atoms. The van der Waals surface area contributed by atoms with Gasteiger partial charge < -0.3 is 5.73 Å². The van der Waals surface area contributed by atoms with E-state index in [1.54, 1.807) is 6.92 Å². The summed E-state index contributed by atoms with van der Waals surface area (Å²) in [5, 5.41) is 0.0787. The zero-order valence-corrected chi connectivity index (χ0v) is 14.7. The van der Waals surface area contributed by atoms with E-state index in [4.69, 9.17) is 17.3 Å². The van der Waals surface area contributed by atoms with Crippen LogP contribution in [-0.2, 0) is 10.0 Å². The van der Waals surface area contributed by atoms with Crippen molar-refractivity contribution < 1.29 is 12.8 Å². The second-order valence-electron chi connectivity index (χ2n) is 5.04. The summed E-state index contributed by atoms with van der Waals surface area (Å²) in [6.45, 7) is 2.04. The molecule has 2 N–H and O–H groups in total. The first-order valence-electron chi connectivity index (χ1n) is 6.75. The molecule has 0 radical (unpaired) electrons. The maximum Gasteiger partial charge on any atom is 0.246 e. The van der Waals surface area contributed by atoms with Crippen LogP contribution in [-0.4, -0.2) is 25.3 Å². The fourth-order valence-corrected chi connectivity index (χ4v) is 5.09. The smallest absolute Gasteiger partial charge is 0.246 e. The van der Waals surface area contributed by atoms with Gasteiger partial charge in [0, 0.05) is 12.6 Å².